The second-order valence-electron chi connectivity index (χ2n) is 8.01. The standard InChI is InChI=1S/C22H29N3O/c1-14(2)8-10-16-12-17(11-9-15(3)4)22(26)19(13-16)18-6-5-7-20-21(18)24-25-23-20/h5-7,12-15,26H,8-11H2,1-4H3,(H,23,24,25). The highest BCUT2D eigenvalue weighted by Crippen LogP contribution is 2.37. The highest BCUT2D eigenvalue weighted by molar-refractivity contribution is 5.93. The summed E-state index contributed by atoms with van der Waals surface area (Å²) in [6.45, 7) is 8.93. The maximum absolute atomic E-state index is 11.0. The van der Waals surface area contributed by atoms with Gasteiger partial charge < -0.3 is 5.11 Å². The highest BCUT2D eigenvalue weighted by Gasteiger charge is 2.16. The summed E-state index contributed by atoms with van der Waals surface area (Å²) in [5.41, 5.74) is 5.74. The van der Waals surface area contributed by atoms with E-state index in [9.17, 15) is 5.11 Å². The van der Waals surface area contributed by atoms with E-state index in [0.717, 1.165) is 53.4 Å². The molecule has 4 heteroatoms. The first-order chi connectivity index (χ1) is 12.5. The molecule has 0 saturated carbocycles. The lowest BCUT2D eigenvalue weighted by Gasteiger charge is -2.15. The molecule has 0 fully saturated rings. The van der Waals surface area contributed by atoms with E-state index < -0.39 is 0 Å². The van der Waals surface area contributed by atoms with E-state index >= 15 is 0 Å². The summed E-state index contributed by atoms with van der Waals surface area (Å²) in [7, 11) is 0. The van der Waals surface area contributed by atoms with Crippen molar-refractivity contribution in [3.63, 3.8) is 0 Å². The number of H-pyrrole nitrogens is 1. The molecule has 0 radical (unpaired) electrons. The molecule has 0 saturated heterocycles. The van der Waals surface area contributed by atoms with Gasteiger partial charge in [0, 0.05) is 11.1 Å². The van der Waals surface area contributed by atoms with E-state index in [4.69, 9.17) is 0 Å². The summed E-state index contributed by atoms with van der Waals surface area (Å²) in [5.74, 6) is 1.65. The Bertz CT molecular complexity index is 880. The van der Waals surface area contributed by atoms with Crippen molar-refractivity contribution >= 4 is 11.0 Å². The number of para-hydroxylation sites is 1. The van der Waals surface area contributed by atoms with Gasteiger partial charge in [-0.05, 0) is 60.8 Å². The zero-order chi connectivity index (χ0) is 18.7. The first-order valence-electron chi connectivity index (χ1n) is 9.60. The molecule has 2 aromatic carbocycles. The molecule has 1 aromatic heterocycles. The summed E-state index contributed by atoms with van der Waals surface area (Å²) in [6, 6.07) is 10.2. The van der Waals surface area contributed by atoms with E-state index in [1.54, 1.807) is 0 Å². The molecule has 4 nitrogen and oxygen atoms in total. The number of hydrogen-bond donors (Lipinski definition) is 2. The lowest BCUT2D eigenvalue weighted by molar-refractivity contribution is 0.465. The lowest BCUT2D eigenvalue weighted by atomic mass is 9.91. The number of aromatic nitrogens is 3. The van der Waals surface area contributed by atoms with E-state index in [-0.39, 0.29) is 0 Å². The molecule has 0 bridgehead atoms. The zero-order valence-electron chi connectivity index (χ0n) is 16.2. The van der Waals surface area contributed by atoms with Crippen LogP contribution in [0.5, 0.6) is 5.75 Å². The first-order valence-corrected chi connectivity index (χ1v) is 9.60. The van der Waals surface area contributed by atoms with Crippen molar-refractivity contribution in [1.82, 2.24) is 15.4 Å². The van der Waals surface area contributed by atoms with Gasteiger partial charge >= 0.3 is 0 Å². The number of aromatic hydroxyl groups is 1. The van der Waals surface area contributed by atoms with Crippen LogP contribution in [0.15, 0.2) is 30.3 Å². The Morgan fingerprint density at radius 2 is 1.65 bits per heavy atom. The van der Waals surface area contributed by atoms with E-state index in [1.165, 1.54) is 5.56 Å². The monoisotopic (exact) mass is 351 g/mol. The van der Waals surface area contributed by atoms with Crippen molar-refractivity contribution in [3.05, 3.63) is 41.5 Å². The van der Waals surface area contributed by atoms with Crippen LogP contribution >= 0.6 is 0 Å². The number of phenols is 1. The molecule has 0 amide bonds. The third kappa shape index (κ3) is 4.06. The average Bonchev–Trinajstić information content (AvgIpc) is 3.08. The smallest absolute Gasteiger partial charge is 0.126 e. The number of nitrogens with zero attached hydrogens (tertiary/aromatic N) is 2. The summed E-state index contributed by atoms with van der Waals surface area (Å²) in [6.07, 6.45) is 4.12. The SMILES string of the molecule is CC(C)CCc1cc(CCC(C)C)c(O)c(-c2cccc3n[nH]nc23)c1. The number of benzene rings is 2. The number of fused-ring (bicyclic) bond motifs is 1. The lowest BCUT2D eigenvalue weighted by Crippen LogP contribution is -1.98. The van der Waals surface area contributed by atoms with E-state index in [1.807, 2.05) is 18.2 Å². The molecular formula is C22H29N3O. The number of hydrogen-bond acceptors (Lipinski definition) is 3. The molecule has 138 valence electrons. The minimum atomic E-state index is 0.384. The van der Waals surface area contributed by atoms with Crippen molar-refractivity contribution in [2.75, 3.05) is 0 Å². The van der Waals surface area contributed by atoms with Gasteiger partial charge in [-0.25, -0.2) is 0 Å². The van der Waals surface area contributed by atoms with Gasteiger partial charge in [-0.15, -0.1) is 0 Å². The fourth-order valence-corrected chi connectivity index (χ4v) is 3.29. The molecule has 0 aliphatic heterocycles. The number of aryl methyl sites for hydroxylation is 2. The Balaban J connectivity index is 2.08. The topological polar surface area (TPSA) is 61.8 Å². The van der Waals surface area contributed by atoms with Crippen LogP contribution in [0.25, 0.3) is 22.2 Å². The molecule has 26 heavy (non-hydrogen) atoms. The molecular weight excluding hydrogens is 322 g/mol. The van der Waals surface area contributed by atoms with Gasteiger partial charge in [0.05, 0.1) is 0 Å². The molecule has 0 atom stereocenters. The van der Waals surface area contributed by atoms with Gasteiger partial charge in [0.1, 0.15) is 16.8 Å². The molecule has 0 aliphatic carbocycles. The average molecular weight is 351 g/mol. The molecule has 3 rings (SSSR count). The number of aromatic amines is 1. The summed E-state index contributed by atoms with van der Waals surface area (Å²) < 4.78 is 0. The van der Waals surface area contributed by atoms with Gasteiger partial charge in [0.25, 0.3) is 0 Å². The molecule has 2 N–H and O–H groups in total. The largest absolute Gasteiger partial charge is 0.507 e. The van der Waals surface area contributed by atoms with Crippen LogP contribution in [0, 0.1) is 11.8 Å². The van der Waals surface area contributed by atoms with Crippen LogP contribution in [0.1, 0.15) is 51.7 Å². The van der Waals surface area contributed by atoms with Crippen LogP contribution in [-0.2, 0) is 12.8 Å². The fourth-order valence-electron chi connectivity index (χ4n) is 3.29. The van der Waals surface area contributed by atoms with Crippen molar-refractivity contribution in [2.24, 2.45) is 11.8 Å². The van der Waals surface area contributed by atoms with Crippen LogP contribution in [0.4, 0.5) is 0 Å². The predicted molar refractivity (Wildman–Crippen MR) is 107 cm³/mol. The van der Waals surface area contributed by atoms with Crippen molar-refractivity contribution < 1.29 is 5.11 Å². The summed E-state index contributed by atoms with van der Waals surface area (Å²) in [5, 5.41) is 22.2. The molecule has 0 spiro atoms. The third-order valence-corrected chi connectivity index (χ3v) is 4.89. The van der Waals surface area contributed by atoms with Crippen LogP contribution < -0.4 is 0 Å². The second-order valence-corrected chi connectivity index (χ2v) is 8.01. The van der Waals surface area contributed by atoms with E-state index in [2.05, 4.69) is 55.2 Å². The predicted octanol–water partition coefficient (Wildman–Crippen LogP) is 5.51. The zero-order valence-corrected chi connectivity index (χ0v) is 16.2. The molecule has 0 unspecified atom stereocenters. The number of nitrogens with one attached hydrogen (secondary N) is 1. The first kappa shape index (κ1) is 18.4. The quantitative estimate of drug-likeness (QED) is 0.590. The normalized spacial score (nSPS) is 11.8. The summed E-state index contributed by atoms with van der Waals surface area (Å²) >= 11 is 0. The second kappa shape index (κ2) is 7.90. The Morgan fingerprint density at radius 3 is 2.38 bits per heavy atom. The van der Waals surface area contributed by atoms with Crippen LogP contribution in [-0.4, -0.2) is 20.5 Å². The Morgan fingerprint density at radius 1 is 0.923 bits per heavy atom. The van der Waals surface area contributed by atoms with Crippen LogP contribution in [0.2, 0.25) is 0 Å². The van der Waals surface area contributed by atoms with Crippen molar-refractivity contribution in [3.8, 4) is 16.9 Å². The maximum Gasteiger partial charge on any atom is 0.126 e. The molecule has 0 aliphatic rings. The van der Waals surface area contributed by atoms with E-state index in [0.29, 0.717) is 17.6 Å². The Kier molecular flexibility index (Phi) is 5.60. The minimum absolute atomic E-state index is 0.384. The Labute approximate surface area is 155 Å². The van der Waals surface area contributed by atoms with Gasteiger partial charge in [-0.1, -0.05) is 45.9 Å². The fraction of sp³-hybridized carbons (Fsp3) is 0.455. The third-order valence-electron chi connectivity index (χ3n) is 4.89. The molecule has 3 aromatic rings. The van der Waals surface area contributed by atoms with Gasteiger partial charge in [0.2, 0.25) is 0 Å². The highest BCUT2D eigenvalue weighted by atomic mass is 16.3. The number of rotatable bonds is 7. The van der Waals surface area contributed by atoms with Crippen molar-refractivity contribution in [2.45, 2.75) is 53.4 Å². The van der Waals surface area contributed by atoms with Gasteiger partial charge in [-0.3, -0.25) is 0 Å². The minimum Gasteiger partial charge on any atom is -0.507 e. The molecule has 1 heterocycles. The van der Waals surface area contributed by atoms with Gasteiger partial charge in [-0.2, -0.15) is 15.4 Å². The maximum atomic E-state index is 11.0. The Hall–Kier alpha value is -2.36. The number of phenolic OH excluding ortho intramolecular Hbond substituents is 1. The van der Waals surface area contributed by atoms with Crippen LogP contribution in [0.3, 0.4) is 0 Å². The van der Waals surface area contributed by atoms with Crippen molar-refractivity contribution in [1.29, 1.82) is 0 Å². The summed E-state index contributed by atoms with van der Waals surface area (Å²) in [4.78, 5) is 0. The van der Waals surface area contributed by atoms with Gasteiger partial charge in [0.15, 0.2) is 0 Å².